The van der Waals surface area contributed by atoms with Gasteiger partial charge >= 0.3 is 5.97 Å². The lowest BCUT2D eigenvalue weighted by Gasteiger charge is -2.06. The number of carbonyl (C=O) groups is 1. The maximum absolute atomic E-state index is 11.5. The van der Waals surface area contributed by atoms with Crippen LogP contribution in [-0.4, -0.2) is 27.3 Å². The molecule has 134 valence electrons. The van der Waals surface area contributed by atoms with Crippen molar-refractivity contribution in [2.24, 2.45) is 4.99 Å². The van der Waals surface area contributed by atoms with E-state index in [1.54, 1.807) is 48.9 Å². The predicted octanol–water partition coefficient (Wildman–Crippen LogP) is 4.32. The maximum atomic E-state index is 11.5. The topological polar surface area (TPSA) is 84.7 Å². The largest absolute Gasteiger partial charge is 0.475 e. The Morgan fingerprint density at radius 3 is 2.70 bits per heavy atom. The van der Waals surface area contributed by atoms with Crippen LogP contribution in [0.4, 0.5) is 0 Å². The van der Waals surface area contributed by atoms with Crippen LogP contribution < -0.4 is 4.74 Å². The zero-order valence-electron chi connectivity index (χ0n) is 14.1. The fourth-order valence-corrected chi connectivity index (χ4v) is 3.00. The van der Waals surface area contributed by atoms with Crippen LogP contribution in [0, 0.1) is 0 Å². The molecule has 0 spiro atoms. The summed E-state index contributed by atoms with van der Waals surface area (Å²) in [6.45, 7) is 0. The number of carboxylic acids is 1. The van der Waals surface area contributed by atoms with Gasteiger partial charge in [0.1, 0.15) is 11.2 Å². The van der Waals surface area contributed by atoms with Gasteiger partial charge in [0.2, 0.25) is 11.6 Å². The second kappa shape index (κ2) is 9.21. The minimum absolute atomic E-state index is 0.202. The molecule has 6 nitrogen and oxygen atoms in total. The highest BCUT2D eigenvalue weighted by molar-refractivity contribution is 7.17. The number of aliphatic carboxylic acids is 1. The minimum atomic E-state index is -1.19. The fourth-order valence-electron chi connectivity index (χ4n) is 2.13. The van der Waals surface area contributed by atoms with Gasteiger partial charge in [-0.15, -0.1) is 11.3 Å². The van der Waals surface area contributed by atoms with E-state index in [9.17, 15) is 9.90 Å². The van der Waals surface area contributed by atoms with E-state index < -0.39 is 5.97 Å². The molecule has 0 radical (unpaired) electrons. The third kappa shape index (κ3) is 4.96. The zero-order chi connectivity index (χ0) is 18.9. The number of carboxylic acid groups (broad SMARTS) is 1. The molecule has 2 aromatic heterocycles. The van der Waals surface area contributed by atoms with E-state index in [0.29, 0.717) is 10.2 Å². The molecule has 0 amide bonds. The number of allylic oxidation sites excluding steroid dienone is 9. The van der Waals surface area contributed by atoms with Gasteiger partial charge in [-0.05, 0) is 18.2 Å². The smallest absolute Gasteiger partial charge is 0.371 e. The summed E-state index contributed by atoms with van der Waals surface area (Å²) in [5.74, 6) is -1.22. The molecule has 1 N–H and O–H groups in total. The van der Waals surface area contributed by atoms with Crippen LogP contribution in [0.1, 0.15) is 5.56 Å². The van der Waals surface area contributed by atoms with Gasteiger partial charge in [0.15, 0.2) is 0 Å². The molecule has 0 fully saturated rings. The van der Waals surface area contributed by atoms with E-state index in [-0.39, 0.29) is 11.6 Å². The van der Waals surface area contributed by atoms with Crippen LogP contribution in [0.2, 0.25) is 0 Å². The van der Waals surface area contributed by atoms with Crippen molar-refractivity contribution in [1.29, 1.82) is 0 Å². The maximum Gasteiger partial charge on any atom is 0.371 e. The molecule has 1 aliphatic rings. The Kier molecular flexibility index (Phi) is 6.21. The quantitative estimate of drug-likeness (QED) is 0.800. The monoisotopic (exact) mass is 377 g/mol. The Hall–Kier alpha value is -3.58. The van der Waals surface area contributed by atoms with Gasteiger partial charge < -0.3 is 9.84 Å². The van der Waals surface area contributed by atoms with Crippen LogP contribution in [0.3, 0.4) is 0 Å². The number of hydrogen-bond acceptors (Lipinski definition) is 6. The molecule has 7 heteroatoms. The number of aromatic nitrogens is 2. The van der Waals surface area contributed by atoms with Crippen molar-refractivity contribution in [3.63, 3.8) is 0 Å². The van der Waals surface area contributed by atoms with Crippen LogP contribution in [0.5, 0.6) is 5.88 Å². The first-order valence-electron chi connectivity index (χ1n) is 7.96. The lowest BCUT2D eigenvalue weighted by Crippen LogP contribution is -2.08. The Bertz CT molecular complexity index is 1040. The average Bonchev–Trinajstić information content (AvgIpc) is 3.07. The van der Waals surface area contributed by atoms with E-state index in [4.69, 9.17) is 4.74 Å². The molecule has 27 heavy (non-hydrogen) atoms. The Labute approximate surface area is 159 Å². The summed E-state index contributed by atoms with van der Waals surface area (Å²) in [6, 6.07) is 0. The Morgan fingerprint density at radius 2 is 1.81 bits per heavy atom. The fraction of sp³-hybridized carbons (Fsp3) is 0. The van der Waals surface area contributed by atoms with E-state index in [1.807, 2.05) is 23.6 Å². The Morgan fingerprint density at radius 1 is 1.00 bits per heavy atom. The van der Waals surface area contributed by atoms with Crippen molar-refractivity contribution in [3.05, 3.63) is 83.9 Å². The molecular formula is C20H15N3O3S. The lowest BCUT2D eigenvalue weighted by atomic mass is 10.2. The number of aliphatic imine (C=N–C) groups is 1. The Balaban J connectivity index is 2.07. The van der Waals surface area contributed by atoms with Crippen molar-refractivity contribution < 1.29 is 14.6 Å². The van der Waals surface area contributed by atoms with E-state index in [0.717, 1.165) is 5.56 Å². The molecule has 1 aliphatic heterocycles. The van der Waals surface area contributed by atoms with E-state index in [2.05, 4.69) is 15.0 Å². The summed E-state index contributed by atoms with van der Waals surface area (Å²) in [6.07, 6.45) is 22.0. The molecule has 0 saturated carbocycles. The van der Waals surface area contributed by atoms with Gasteiger partial charge in [-0.25, -0.2) is 14.8 Å². The molecule has 3 rings (SSSR count). The molecule has 0 aromatic carbocycles. The molecule has 0 bridgehead atoms. The molecule has 0 aliphatic carbocycles. The van der Waals surface area contributed by atoms with E-state index in [1.165, 1.54) is 23.7 Å². The van der Waals surface area contributed by atoms with Crippen molar-refractivity contribution in [2.75, 3.05) is 0 Å². The molecular weight excluding hydrogens is 362 g/mol. The number of nitrogens with zero attached hydrogens (tertiary/aromatic N) is 3. The normalized spacial score (nSPS) is 23.6. The number of rotatable bonds is 1. The minimum Gasteiger partial charge on any atom is -0.475 e. The summed E-state index contributed by atoms with van der Waals surface area (Å²) in [7, 11) is 0. The van der Waals surface area contributed by atoms with Crippen LogP contribution in [0.25, 0.3) is 16.3 Å². The third-order valence-electron chi connectivity index (χ3n) is 3.32. The second-order valence-corrected chi connectivity index (χ2v) is 6.00. The first-order valence-corrected chi connectivity index (χ1v) is 8.83. The van der Waals surface area contributed by atoms with Crippen LogP contribution in [-0.2, 0) is 4.79 Å². The van der Waals surface area contributed by atoms with Crippen molar-refractivity contribution >= 4 is 39.8 Å². The van der Waals surface area contributed by atoms with Gasteiger partial charge in [-0.1, -0.05) is 42.5 Å². The van der Waals surface area contributed by atoms with Gasteiger partial charge in [0.25, 0.3) is 0 Å². The summed E-state index contributed by atoms with van der Waals surface area (Å²) in [4.78, 5) is 24.7. The third-order valence-corrected chi connectivity index (χ3v) is 4.22. The molecule has 0 atom stereocenters. The average molecular weight is 377 g/mol. The summed E-state index contributed by atoms with van der Waals surface area (Å²) < 4.78 is 5.59. The molecule has 3 heterocycles. The van der Waals surface area contributed by atoms with Gasteiger partial charge in [-0.2, -0.15) is 0 Å². The van der Waals surface area contributed by atoms with Gasteiger partial charge in [-0.3, -0.25) is 4.99 Å². The number of thiophene rings is 1. The van der Waals surface area contributed by atoms with Gasteiger partial charge in [0.05, 0.1) is 5.39 Å². The predicted molar refractivity (Wildman–Crippen MR) is 108 cm³/mol. The lowest BCUT2D eigenvalue weighted by molar-refractivity contribution is -0.135. The summed E-state index contributed by atoms with van der Waals surface area (Å²) >= 11 is 1.43. The molecule has 2 aromatic rings. The van der Waals surface area contributed by atoms with Crippen molar-refractivity contribution in [1.82, 2.24) is 9.97 Å². The van der Waals surface area contributed by atoms with Crippen molar-refractivity contribution in [3.8, 4) is 5.88 Å². The number of hydrogen-bond donors (Lipinski definition) is 1. The van der Waals surface area contributed by atoms with Crippen LogP contribution in [0.15, 0.2) is 83.3 Å². The highest BCUT2D eigenvalue weighted by Crippen LogP contribution is 2.32. The SMILES string of the molecule is O=C(O)/C1=C/C=C\C=C/C=C\N=C\C=C/C=C\c2csc3ncnc(c23)O1. The standard InChI is InChI=1S/C20H15N3O3S/c24-20(25)16-10-6-2-1-3-7-11-21-12-8-4-5-9-15-13-27-19-17(15)18(26-16)22-14-23-19/h1-14H,(H,24,25)/b3-1-,6-2-,8-4-,9-5-,11-7-,16-10-,21-12+. The highest BCUT2D eigenvalue weighted by atomic mass is 32.1. The highest BCUT2D eigenvalue weighted by Gasteiger charge is 2.16. The number of ether oxygens (including phenoxy) is 1. The summed E-state index contributed by atoms with van der Waals surface area (Å²) in [5.41, 5.74) is 0.844. The van der Waals surface area contributed by atoms with Crippen LogP contribution >= 0.6 is 11.3 Å². The first kappa shape index (κ1) is 18.2. The van der Waals surface area contributed by atoms with Crippen molar-refractivity contribution in [2.45, 2.75) is 0 Å². The van der Waals surface area contributed by atoms with E-state index >= 15 is 0 Å². The second-order valence-electron chi connectivity index (χ2n) is 5.14. The summed E-state index contributed by atoms with van der Waals surface area (Å²) in [5, 5.41) is 12.0. The molecule has 0 unspecified atom stereocenters. The first-order chi connectivity index (χ1) is 13.3. The molecule has 0 saturated heterocycles. The zero-order valence-corrected chi connectivity index (χ0v) is 14.9. The van der Waals surface area contributed by atoms with Gasteiger partial charge in [0, 0.05) is 23.4 Å².